The van der Waals surface area contributed by atoms with Gasteiger partial charge in [-0.3, -0.25) is 0 Å². The number of aromatic nitrogens is 2. The Morgan fingerprint density at radius 1 is 1.10 bits per heavy atom. The number of nitrogens with zero attached hydrogens (tertiary/aromatic N) is 1. The van der Waals surface area contributed by atoms with Crippen LogP contribution in [0.2, 0.25) is 10.0 Å². The van der Waals surface area contributed by atoms with Gasteiger partial charge in [-0.2, -0.15) is 0 Å². The van der Waals surface area contributed by atoms with Crippen molar-refractivity contribution >= 4 is 34.2 Å². The van der Waals surface area contributed by atoms with Gasteiger partial charge >= 0.3 is 0 Å². The molecule has 0 amide bonds. The molecule has 0 saturated heterocycles. The van der Waals surface area contributed by atoms with Crippen LogP contribution in [0.1, 0.15) is 13.8 Å². The summed E-state index contributed by atoms with van der Waals surface area (Å²) in [5.41, 5.74) is 2.71. The molecule has 0 saturated carbocycles. The van der Waals surface area contributed by atoms with Crippen LogP contribution in [0.5, 0.6) is 5.75 Å². The van der Waals surface area contributed by atoms with Gasteiger partial charge in [-0.1, -0.05) is 35.3 Å². The summed E-state index contributed by atoms with van der Waals surface area (Å²) in [5.74, 6) is 1.24. The van der Waals surface area contributed by atoms with Crippen molar-refractivity contribution in [1.82, 2.24) is 9.97 Å². The highest BCUT2D eigenvalue weighted by molar-refractivity contribution is 6.37. The number of aromatic amines is 1. The molecule has 2 aromatic carbocycles. The number of fused-ring (bicyclic) bond motifs is 1. The third kappa shape index (κ3) is 2.85. The molecule has 3 nitrogen and oxygen atoms in total. The van der Waals surface area contributed by atoms with Crippen molar-refractivity contribution in [3.8, 4) is 17.1 Å². The Hall–Kier alpha value is -1.71. The number of ether oxygens (including phenoxy) is 1. The van der Waals surface area contributed by atoms with E-state index in [2.05, 4.69) is 9.97 Å². The third-order valence-corrected chi connectivity index (χ3v) is 3.58. The molecule has 0 aliphatic carbocycles. The molecule has 1 N–H and O–H groups in total. The zero-order valence-electron chi connectivity index (χ0n) is 11.7. The van der Waals surface area contributed by atoms with Gasteiger partial charge in [0.25, 0.3) is 0 Å². The first kappa shape index (κ1) is 14.2. The number of nitrogens with one attached hydrogen (secondary N) is 1. The first-order valence-corrected chi connectivity index (χ1v) is 7.41. The molecule has 21 heavy (non-hydrogen) atoms. The maximum Gasteiger partial charge on any atom is 0.156 e. The average Bonchev–Trinajstić information content (AvgIpc) is 2.86. The van der Waals surface area contributed by atoms with Crippen LogP contribution in [0.25, 0.3) is 22.4 Å². The number of rotatable bonds is 3. The van der Waals surface area contributed by atoms with Crippen molar-refractivity contribution in [2.45, 2.75) is 20.0 Å². The topological polar surface area (TPSA) is 37.9 Å². The van der Waals surface area contributed by atoms with E-state index >= 15 is 0 Å². The van der Waals surface area contributed by atoms with Gasteiger partial charge in [-0.25, -0.2) is 4.98 Å². The van der Waals surface area contributed by atoms with Crippen LogP contribution >= 0.6 is 23.2 Å². The Balaban J connectivity index is 2.06. The van der Waals surface area contributed by atoms with Gasteiger partial charge in [0.2, 0.25) is 0 Å². The van der Waals surface area contributed by atoms with E-state index in [1.807, 2.05) is 50.2 Å². The maximum absolute atomic E-state index is 6.28. The van der Waals surface area contributed by atoms with Crippen molar-refractivity contribution in [1.29, 1.82) is 0 Å². The SMILES string of the molecule is CC(C)Oc1c(Cl)cc(-c2nc3ccccc3[nH]2)cc1Cl. The fraction of sp³-hybridized carbons (Fsp3) is 0.188. The lowest BCUT2D eigenvalue weighted by Gasteiger charge is -2.13. The highest BCUT2D eigenvalue weighted by Gasteiger charge is 2.14. The molecule has 108 valence electrons. The zero-order valence-corrected chi connectivity index (χ0v) is 13.2. The van der Waals surface area contributed by atoms with Crippen LogP contribution in [0.15, 0.2) is 36.4 Å². The van der Waals surface area contributed by atoms with E-state index in [0.717, 1.165) is 22.4 Å². The first-order chi connectivity index (χ1) is 10.0. The molecule has 1 heterocycles. The van der Waals surface area contributed by atoms with E-state index in [4.69, 9.17) is 27.9 Å². The van der Waals surface area contributed by atoms with Crippen molar-refractivity contribution in [3.05, 3.63) is 46.4 Å². The largest absolute Gasteiger partial charge is 0.488 e. The standard InChI is InChI=1S/C16H14Cl2N2O/c1-9(2)21-15-11(17)7-10(8-12(15)18)16-19-13-5-3-4-6-14(13)20-16/h3-9H,1-2H3,(H,19,20). The maximum atomic E-state index is 6.28. The summed E-state index contributed by atoms with van der Waals surface area (Å²) in [5, 5.41) is 0.957. The molecule has 0 spiro atoms. The van der Waals surface area contributed by atoms with Crippen LogP contribution in [0.4, 0.5) is 0 Å². The number of halogens is 2. The summed E-state index contributed by atoms with van der Waals surface area (Å²) in [7, 11) is 0. The highest BCUT2D eigenvalue weighted by atomic mass is 35.5. The highest BCUT2D eigenvalue weighted by Crippen LogP contribution is 2.37. The van der Waals surface area contributed by atoms with E-state index in [1.165, 1.54) is 0 Å². The lowest BCUT2D eigenvalue weighted by Crippen LogP contribution is -2.06. The van der Waals surface area contributed by atoms with Gasteiger partial charge in [-0.15, -0.1) is 0 Å². The Bertz CT molecular complexity index is 740. The Labute approximate surface area is 132 Å². The number of hydrogen-bond donors (Lipinski definition) is 1. The fourth-order valence-corrected chi connectivity index (χ4v) is 2.71. The first-order valence-electron chi connectivity index (χ1n) is 6.65. The zero-order chi connectivity index (χ0) is 15.0. The van der Waals surface area contributed by atoms with E-state index in [-0.39, 0.29) is 6.10 Å². The fourth-order valence-electron chi connectivity index (χ4n) is 2.13. The minimum Gasteiger partial charge on any atom is -0.488 e. The molecule has 0 atom stereocenters. The van der Waals surface area contributed by atoms with Gasteiger partial charge in [0.05, 0.1) is 27.2 Å². The van der Waals surface area contributed by atoms with Crippen molar-refractivity contribution < 1.29 is 4.74 Å². The number of hydrogen-bond acceptors (Lipinski definition) is 2. The summed E-state index contributed by atoms with van der Waals surface area (Å²) < 4.78 is 5.63. The number of H-pyrrole nitrogens is 1. The Morgan fingerprint density at radius 2 is 1.76 bits per heavy atom. The number of imidazole rings is 1. The average molecular weight is 321 g/mol. The quantitative estimate of drug-likeness (QED) is 0.708. The van der Waals surface area contributed by atoms with E-state index in [0.29, 0.717) is 15.8 Å². The van der Waals surface area contributed by atoms with Gasteiger partial charge < -0.3 is 9.72 Å². The van der Waals surface area contributed by atoms with Crippen LogP contribution in [0.3, 0.4) is 0 Å². The molecule has 0 aliphatic rings. The van der Waals surface area contributed by atoms with Crippen LogP contribution in [0, 0.1) is 0 Å². The second-order valence-electron chi connectivity index (χ2n) is 5.04. The molecule has 3 aromatic rings. The van der Waals surface area contributed by atoms with Gasteiger partial charge in [0.15, 0.2) is 5.75 Å². The molecular formula is C16H14Cl2N2O. The van der Waals surface area contributed by atoms with E-state index in [9.17, 15) is 0 Å². The minimum absolute atomic E-state index is 0.0112. The summed E-state index contributed by atoms with van der Waals surface area (Å²) in [6.45, 7) is 3.86. The summed E-state index contributed by atoms with van der Waals surface area (Å²) in [4.78, 5) is 7.80. The van der Waals surface area contributed by atoms with E-state index in [1.54, 1.807) is 0 Å². The molecule has 1 aromatic heterocycles. The van der Waals surface area contributed by atoms with Crippen molar-refractivity contribution in [2.24, 2.45) is 0 Å². The molecule has 5 heteroatoms. The van der Waals surface area contributed by atoms with Crippen LogP contribution in [-0.4, -0.2) is 16.1 Å². The second kappa shape index (κ2) is 5.58. The minimum atomic E-state index is 0.0112. The molecule has 3 rings (SSSR count). The predicted molar refractivity (Wildman–Crippen MR) is 87.3 cm³/mol. The van der Waals surface area contributed by atoms with Crippen molar-refractivity contribution in [2.75, 3.05) is 0 Å². The summed E-state index contributed by atoms with van der Waals surface area (Å²) >= 11 is 12.6. The molecule has 0 bridgehead atoms. The molecule has 0 unspecified atom stereocenters. The van der Waals surface area contributed by atoms with Crippen LogP contribution in [-0.2, 0) is 0 Å². The second-order valence-corrected chi connectivity index (χ2v) is 5.85. The number of benzene rings is 2. The lowest BCUT2D eigenvalue weighted by molar-refractivity contribution is 0.243. The molecule has 0 radical (unpaired) electrons. The van der Waals surface area contributed by atoms with Gasteiger partial charge in [-0.05, 0) is 38.1 Å². The summed E-state index contributed by atoms with van der Waals surface area (Å²) in [6.07, 6.45) is 0.0112. The summed E-state index contributed by atoms with van der Waals surface area (Å²) in [6, 6.07) is 11.5. The monoisotopic (exact) mass is 320 g/mol. The smallest absolute Gasteiger partial charge is 0.156 e. The predicted octanol–water partition coefficient (Wildman–Crippen LogP) is 5.32. The normalized spacial score (nSPS) is 11.3. The lowest BCUT2D eigenvalue weighted by atomic mass is 10.2. The third-order valence-electron chi connectivity index (χ3n) is 3.01. The molecular weight excluding hydrogens is 307 g/mol. The van der Waals surface area contributed by atoms with Crippen LogP contribution < -0.4 is 4.74 Å². The Morgan fingerprint density at radius 3 is 2.38 bits per heavy atom. The van der Waals surface area contributed by atoms with Gasteiger partial charge in [0.1, 0.15) is 5.82 Å². The molecule has 0 fully saturated rings. The van der Waals surface area contributed by atoms with Gasteiger partial charge in [0, 0.05) is 5.56 Å². The van der Waals surface area contributed by atoms with E-state index < -0.39 is 0 Å². The van der Waals surface area contributed by atoms with Crippen molar-refractivity contribution in [3.63, 3.8) is 0 Å². The number of para-hydroxylation sites is 2. The Kier molecular flexibility index (Phi) is 3.79. The molecule has 0 aliphatic heterocycles.